The monoisotopic (exact) mass is 304 g/mol. The molecule has 0 atom stereocenters. The number of hydrogen-bond acceptors (Lipinski definition) is 1. The molecule has 2 aromatic carbocycles. The first kappa shape index (κ1) is 13.5. The van der Waals surface area contributed by atoms with Crippen molar-refractivity contribution in [3.8, 4) is 5.75 Å². The normalized spacial score (nSPS) is 10.4. The molecule has 2 aromatic rings. The molecule has 5 heteroatoms. The van der Waals surface area contributed by atoms with E-state index in [2.05, 4.69) is 0 Å². The van der Waals surface area contributed by atoms with E-state index in [9.17, 15) is 4.39 Å². The van der Waals surface area contributed by atoms with Crippen LogP contribution in [0.4, 0.5) is 4.39 Å². The van der Waals surface area contributed by atoms with E-state index in [-0.39, 0.29) is 11.6 Å². The Kier molecular flexibility index (Phi) is 4.33. The molecule has 0 bridgehead atoms. The van der Waals surface area contributed by atoms with Crippen LogP contribution in [0.5, 0.6) is 5.75 Å². The maximum absolute atomic E-state index is 13.2. The number of benzene rings is 2. The third-order valence-corrected chi connectivity index (χ3v) is 3.19. The molecule has 0 unspecified atom stereocenters. The standard InChI is InChI=1S/C13H8Cl3FO/c14-9-2-1-8(12(16)5-9)7-18-10-3-4-11(15)13(17)6-10/h1-6H,7H2. The summed E-state index contributed by atoms with van der Waals surface area (Å²) in [5.41, 5.74) is 0.774. The Morgan fingerprint density at radius 2 is 1.72 bits per heavy atom. The second-order valence-corrected chi connectivity index (χ2v) is 4.85. The molecule has 2 rings (SSSR count). The zero-order valence-electron chi connectivity index (χ0n) is 9.09. The first-order valence-corrected chi connectivity index (χ1v) is 6.21. The molecular formula is C13H8Cl3FO. The van der Waals surface area contributed by atoms with E-state index < -0.39 is 5.82 Å². The zero-order chi connectivity index (χ0) is 13.1. The highest BCUT2D eigenvalue weighted by Crippen LogP contribution is 2.24. The highest BCUT2D eigenvalue weighted by Gasteiger charge is 2.05. The smallest absolute Gasteiger partial charge is 0.145 e. The minimum atomic E-state index is -0.517. The van der Waals surface area contributed by atoms with Crippen molar-refractivity contribution in [3.63, 3.8) is 0 Å². The number of halogens is 4. The van der Waals surface area contributed by atoms with Gasteiger partial charge in [0.15, 0.2) is 0 Å². The van der Waals surface area contributed by atoms with Gasteiger partial charge in [-0.05, 0) is 24.3 Å². The lowest BCUT2D eigenvalue weighted by atomic mass is 10.2. The minimum absolute atomic E-state index is 0.0619. The average molecular weight is 306 g/mol. The van der Waals surface area contributed by atoms with Crippen molar-refractivity contribution in [3.05, 3.63) is 62.8 Å². The zero-order valence-corrected chi connectivity index (χ0v) is 11.4. The molecule has 0 heterocycles. The van der Waals surface area contributed by atoms with Gasteiger partial charge in [-0.1, -0.05) is 40.9 Å². The summed E-state index contributed by atoms with van der Waals surface area (Å²) in [6, 6.07) is 9.37. The van der Waals surface area contributed by atoms with Gasteiger partial charge in [0.1, 0.15) is 18.2 Å². The number of hydrogen-bond donors (Lipinski definition) is 0. The molecule has 0 N–H and O–H groups in total. The van der Waals surface area contributed by atoms with Gasteiger partial charge in [-0.15, -0.1) is 0 Å². The summed E-state index contributed by atoms with van der Waals surface area (Å²) in [4.78, 5) is 0. The first-order valence-electron chi connectivity index (χ1n) is 5.08. The molecule has 0 amide bonds. The Labute approximate surface area is 119 Å². The number of ether oxygens (including phenoxy) is 1. The molecule has 1 nitrogen and oxygen atoms in total. The summed E-state index contributed by atoms with van der Waals surface area (Å²) in [5.74, 6) is -0.126. The fourth-order valence-electron chi connectivity index (χ4n) is 1.37. The van der Waals surface area contributed by atoms with Crippen LogP contribution in [0.3, 0.4) is 0 Å². The Morgan fingerprint density at radius 1 is 0.944 bits per heavy atom. The molecule has 0 aliphatic rings. The Balaban J connectivity index is 2.09. The summed E-state index contributed by atoms with van der Waals surface area (Å²) in [6.45, 7) is 0.233. The maximum atomic E-state index is 13.2. The molecule has 0 radical (unpaired) electrons. The van der Waals surface area contributed by atoms with Crippen molar-refractivity contribution in [2.24, 2.45) is 0 Å². The molecular weight excluding hydrogens is 297 g/mol. The summed E-state index contributed by atoms with van der Waals surface area (Å²) in [5, 5.41) is 1.13. The molecule has 0 aliphatic carbocycles. The van der Waals surface area contributed by atoms with Crippen LogP contribution in [-0.2, 0) is 6.61 Å². The Morgan fingerprint density at radius 3 is 2.39 bits per heavy atom. The molecule has 0 aliphatic heterocycles. The van der Waals surface area contributed by atoms with Crippen molar-refractivity contribution in [2.75, 3.05) is 0 Å². The highest BCUT2D eigenvalue weighted by molar-refractivity contribution is 6.35. The van der Waals surface area contributed by atoms with Crippen LogP contribution in [0.1, 0.15) is 5.56 Å². The van der Waals surface area contributed by atoms with E-state index in [0.717, 1.165) is 5.56 Å². The van der Waals surface area contributed by atoms with E-state index in [0.29, 0.717) is 15.8 Å². The van der Waals surface area contributed by atoms with E-state index in [1.54, 1.807) is 24.3 Å². The molecule has 18 heavy (non-hydrogen) atoms. The first-order chi connectivity index (χ1) is 8.56. The molecule has 0 spiro atoms. The third kappa shape index (κ3) is 3.29. The number of rotatable bonds is 3. The predicted octanol–water partition coefficient (Wildman–Crippen LogP) is 5.36. The molecule has 94 valence electrons. The predicted molar refractivity (Wildman–Crippen MR) is 72.2 cm³/mol. The molecule has 0 fully saturated rings. The minimum Gasteiger partial charge on any atom is -0.489 e. The van der Waals surface area contributed by atoms with E-state index in [1.165, 1.54) is 12.1 Å². The Bertz CT molecular complexity index is 572. The van der Waals surface area contributed by atoms with Gasteiger partial charge in [0.05, 0.1) is 5.02 Å². The lowest BCUT2D eigenvalue weighted by Crippen LogP contribution is -1.96. The Hall–Kier alpha value is -0.960. The van der Waals surface area contributed by atoms with Crippen LogP contribution in [0, 0.1) is 5.82 Å². The van der Waals surface area contributed by atoms with Gasteiger partial charge in [0, 0.05) is 21.7 Å². The summed E-state index contributed by atoms with van der Waals surface area (Å²) < 4.78 is 18.6. The summed E-state index contributed by atoms with van der Waals surface area (Å²) in [7, 11) is 0. The lowest BCUT2D eigenvalue weighted by molar-refractivity contribution is 0.304. The lowest BCUT2D eigenvalue weighted by Gasteiger charge is -2.08. The van der Waals surface area contributed by atoms with Gasteiger partial charge >= 0.3 is 0 Å². The van der Waals surface area contributed by atoms with Crippen molar-refractivity contribution in [1.82, 2.24) is 0 Å². The highest BCUT2D eigenvalue weighted by atomic mass is 35.5. The fourth-order valence-corrected chi connectivity index (χ4v) is 1.95. The molecule has 0 saturated heterocycles. The van der Waals surface area contributed by atoms with Gasteiger partial charge in [-0.2, -0.15) is 0 Å². The van der Waals surface area contributed by atoms with Gasteiger partial charge in [-0.3, -0.25) is 0 Å². The van der Waals surface area contributed by atoms with Crippen molar-refractivity contribution < 1.29 is 9.13 Å². The van der Waals surface area contributed by atoms with Crippen LogP contribution in [0.15, 0.2) is 36.4 Å². The van der Waals surface area contributed by atoms with Gasteiger partial charge in [0.25, 0.3) is 0 Å². The largest absolute Gasteiger partial charge is 0.489 e. The van der Waals surface area contributed by atoms with Gasteiger partial charge in [0.2, 0.25) is 0 Å². The maximum Gasteiger partial charge on any atom is 0.145 e. The van der Waals surface area contributed by atoms with E-state index in [4.69, 9.17) is 39.5 Å². The summed E-state index contributed by atoms with van der Waals surface area (Å²) >= 11 is 17.3. The van der Waals surface area contributed by atoms with Crippen molar-refractivity contribution in [1.29, 1.82) is 0 Å². The topological polar surface area (TPSA) is 9.23 Å². The molecule has 0 aromatic heterocycles. The van der Waals surface area contributed by atoms with Crippen LogP contribution in [0.2, 0.25) is 15.1 Å². The quantitative estimate of drug-likeness (QED) is 0.741. The summed E-state index contributed by atoms with van der Waals surface area (Å²) in [6.07, 6.45) is 0. The van der Waals surface area contributed by atoms with Crippen LogP contribution >= 0.6 is 34.8 Å². The SMILES string of the molecule is Fc1cc(OCc2ccc(Cl)cc2Cl)ccc1Cl. The van der Waals surface area contributed by atoms with Gasteiger partial charge < -0.3 is 4.74 Å². The van der Waals surface area contributed by atoms with Crippen LogP contribution in [-0.4, -0.2) is 0 Å². The third-order valence-electron chi connectivity index (χ3n) is 2.30. The van der Waals surface area contributed by atoms with Crippen LogP contribution < -0.4 is 4.74 Å². The average Bonchev–Trinajstić information content (AvgIpc) is 2.32. The van der Waals surface area contributed by atoms with Crippen LogP contribution in [0.25, 0.3) is 0 Å². The van der Waals surface area contributed by atoms with Crippen molar-refractivity contribution >= 4 is 34.8 Å². The second kappa shape index (κ2) is 5.79. The second-order valence-electron chi connectivity index (χ2n) is 3.60. The van der Waals surface area contributed by atoms with E-state index in [1.807, 2.05) is 0 Å². The molecule has 0 saturated carbocycles. The van der Waals surface area contributed by atoms with Gasteiger partial charge in [-0.25, -0.2) is 4.39 Å². The fraction of sp³-hybridized carbons (Fsp3) is 0.0769. The van der Waals surface area contributed by atoms with E-state index >= 15 is 0 Å². The van der Waals surface area contributed by atoms with Crippen molar-refractivity contribution in [2.45, 2.75) is 6.61 Å².